The molecule has 2 fully saturated rings. The van der Waals surface area contributed by atoms with E-state index in [1.54, 1.807) is 0 Å². The Morgan fingerprint density at radius 3 is 2.56 bits per heavy atom. The van der Waals surface area contributed by atoms with E-state index in [2.05, 4.69) is 15.0 Å². The van der Waals surface area contributed by atoms with Crippen molar-refractivity contribution < 1.29 is 14.1 Å². The lowest BCUT2D eigenvalue weighted by atomic mass is 10.0. The van der Waals surface area contributed by atoms with Gasteiger partial charge in [0.15, 0.2) is 0 Å². The first-order valence-electron chi connectivity index (χ1n) is 9.66. The van der Waals surface area contributed by atoms with Crippen LogP contribution in [0.4, 0.5) is 0 Å². The number of carbonyl (C=O) groups excluding carboxylic acids is 1. The minimum atomic E-state index is 0.193. The summed E-state index contributed by atoms with van der Waals surface area (Å²) in [5.74, 6) is 0.951. The predicted molar refractivity (Wildman–Crippen MR) is 95.5 cm³/mol. The van der Waals surface area contributed by atoms with Gasteiger partial charge in [-0.3, -0.25) is 4.79 Å². The van der Waals surface area contributed by atoms with Gasteiger partial charge in [0.05, 0.1) is 12.1 Å². The number of hydrogen-bond acceptors (Lipinski definition) is 5. The Balaban J connectivity index is 1.65. The number of aromatic nitrogens is 1. The van der Waals surface area contributed by atoms with E-state index in [0.717, 1.165) is 56.2 Å². The molecule has 3 heterocycles. The lowest BCUT2D eigenvalue weighted by Gasteiger charge is -2.36. The van der Waals surface area contributed by atoms with Crippen molar-refractivity contribution in [2.24, 2.45) is 0 Å². The number of carbonyl (C=O) groups is 1. The Morgan fingerprint density at radius 2 is 1.92 bits per heavy atom. The van der Waals surface area contributed by atoms with Gasteiger partial charge >= 0.3 is 0 Å². The number of aryl methyl sites for hydroxylation is 2. The van der Waals surface area contributed by atoms with Crippen molar-refractivity contribution in [2.75, 3.05) is 39.4 Å². The molecule has 0 unspecified atom stereocenters. The molecule has 1 aromatic heterocycles. The van der Waals surface area contributed by atoms with Crippen LogP contribution in [-0.4, -0.2) is 66.3 Å². The lowest BCUT2D eigenvalue weighted by molar-refractivity contribution is -0.135. The number of likely N-dealkylation sites (tertiary alicyclic amines) is 1. The third-order valence-corrected chi connectivity index (χ3v) is 5.57. The van der Waals surface area contributed by atoms with Crippen molar-refractivity contribution >= 4 is 5.91 Å². The van der Waals surface area contributed by atoms with E-state index < -0.39 is 0 Å². The highest BCUT2D eigenvalue weighted by Gasteiger charge is 2.27. The van der Waals surface area contributed by atoms with Gasteiger partial charge < -0.3 is 19.1 Å². The van der Waals surface area contributed by atoms with E-state index in [1.165, 1.54) is 32.4 Å². The van der Waals surface area contributed by atoms with Crippen LogP contribution in [0.1, 0.15) is 49.1 Å². The van der Waals surface area contributed by atoms with E-state index >= 15 is 0 Å². The van der Waals surface area contributed by atoms with Gasteiger partial charge in [-0.05, 0) is 52.6 Å². The Kier molecular flexibility index (Phi) is 6.48. The molecule has 0 radical (unpaired) electrons. The number of ether oxygens (including phenoxy) is 1. The summed E-state index contributed by atoms with van der Waals surface area (Å²) in [7, 11) is 0. The van der Waals surface area contributed by atoms with Gasteiger partial charge in [-0.25, -0.2) is 0 Å². The van der Waals surface area contributed by atoms with Crippen molar-refractivity contribution in [2.45, 2.75) is 58.4 Å². The maximum absolute atomic E-state index is 13.1. The minimum absolute atomic E-state index is 0.193. The molecule has 0 bridgehead atoms. The van der Waals surface area contributed by atoms with Gasteiger partial charge in [-0.2, -0.15) is 0 Å². The van der Waals surface area contributed by atoms with Crippen molar-refractivity contribution in [1.29, 1.82) is 0 Å². The van der Waals surface area contributed by atoms with E-state index in [1.807, 2.05) is 13.8 Å². The first kappa shape index (κ1) is 18.4. The smallest absolute Gasteiger partial charge is 0.227 e. The monoisotopic (exact) mass is 349 g/mol. The lowest BCUT2D eigenvalue weighted by Crippen LogP contribution is -2.48. The van der Waals surface area contributed by atoms with Crippen LogP contribution in [0.3, 0.4) is 0 Å². The second-order valence-corrected chi connectivity index (χ2v) is 7.31. The largest absolute Gasteiger partial charge is 0.381 e. The first-order valence-corrected chi connectivity index (χ1v) is 9.66. The maximum atomic E-state index is 13.1. The molecule has 1 amide bonds. The Morgan fingerprint density at radius 1 is 1.20 bits per heavy atom. The van der Waals surface area contributed by atoms with Crippen molar-refractivity contribution in [3.05, 3.63) is 17.0 Å². The van der Waals surface area contributed by atoms with Crippen molar-refractivity contribution in [3.8, 4) is 0 Å². The fourth-order valence-electron chi connectivity index (χ4n) is 3.95. The highest BCUT2D eigenvalue weighted by molar-refractivity contribution is 5.79. The van der Waals surface area contributed by atoms with E-state index in [-0.39, 0.29) is 5.91 Å². The van der Waals surface area contributed by atoms with Crippen LogP contribution >= 0.6 is 0 Å². The summed E-state index contributed by atoms with van der Waals surface area (Å²) in [4.78, 5) is 17.7. The van der Waals surface area contributed by atoms with E-state index in [9.17, 15) is 4.79 Å². The van der Waals surface area contributed by atoms with Gasteiger partial charge in [0.2, 0.25) is 5.91 Å². The van der Waals surface area contributed by atoms with Gasteiger partial charge in [0.1, 0.15) is 5.76 Å². The molecule has 0 aliphatic carbocycles. The molecule has 2 aliphatic rings. The Hall–Kier alpha value is -1.40. The minimum Gasteiger partial charge on any atom is -0.381 e. The van der Waals surface area contributed by atoms with Gasteiger partial charge in [-0.1, -0.05) is 11.6 Å². The first-order chi connectivity index (χ1) is 12.1. The molecule has 3 rings (SSSR count). The van der Waals surface area contributed by atoms with Crippen molar-refractivity contribution in [3.63, 3.8) is 0 Å². The molecule has 0 saturated carbocycles. The molecular formula is C19H31N3O3. The zero-order chi connectivity index (χ0) is 17.6. The molecule has 25 heavy (non-hydrogen) atoms. The van der Waals surface area contributed by atoms with E-state index in [0.29, 0.717) is 12.5 Å². The Bertz CT molecular complexity index is 541. The predicted octanol–water partition coefficient (Wildman–Crippen LogP) is 2.33. The Labute approximate surface area is 150 Å². The second kappa shape index (κ2) is 8.81. The maximum Gasteiger partial charge on any atom is 0.227 e. The molecule has 2 aliphatic heterocycles. The highest BCUT2D eigenvalue weighted by atomic mass is 16.5. The summed E-state index contributed by atoms with van der Waals surface area (Å²) in [6, 6.07) is 0.298. The van der Waals surface area contributed by atoms with Gasteiger partial charge in [0, 0.05) is 37.9 Å². The standard InChI is InChI=1S/C19H31N3O3/c1-15-18(16(2)25-20-15)14-19(23)22(17-6-12-24-13-7-17)11-10-21-8-4-3-5-9-21/h17H,3-14H2,1-2H3. The number of nitrogens with zero attached hydrogens (tertiary/aromatic N) is 3. The second-order valence-electron chi connectivity index (χ2n) is 7.31. The summed E-state index contributed by atoms with van der Waals surface area (Å²) in [6.07, 6.45) is 6.17. The zero-order valence-corrected chi connectivity index (χ0v) is 15.6. The van der Waals surface area contributed by atoms with Crippen LogP contribution < -0.4 is 0 Å². The fraction of sp³-hybridized carbons (Fsp3) is 0.789. The molecule has 0 aromatic carbocycles. The summed E-state index contributed by atoms with van der Waals surface area (Å²) < 4.78 is 10.7. The molecule has 0 atom stereocenters. The van der Waals surface area contributed by atoms with Crippen LogP contribution in [-0.2, 0) is 16.0 Å². The fourth-order valence-corrected chi connectivity index (χ4v) is 3.95. The summed E-state index contributed by atoms with van der Waals surface area (Å²) >= 11 is 0. The summed E-state index contributed by atoms with van der Waals surface area (Å²) in [6.45, 7) is 9.42. The number of rotatable bonds is 6. The molecule has 0 N–H and O–H groups in total. The molecule has 6 nitrogen and oxygen atoms in total. The van der Waals surface area contributed by atoms with Crippen LogP contribution in [0, 0.1) is 13.8 Å². The summed E-state index contributed by atoms with van der Waals surface area (Å²) in [5.41, 5.74) is 1.77. The number of piperidine rings is 1. The number of amides is 1. The average Bonchev–Trinajstić information content (AvgIpc) is 2.96. The van der Waals surface area contributed by atoms with Crippen LogP contribution in [0.25, 0.3) is 0 Å². The van der Waals surface area contributed by atoms with Crippen LogP contribution in [0.15, 0.2) is 4.52 Å². The zero-order valence-electron chi connectivity index (χ0n) is 15.6. The topological polar surface area (TPSA) is 58.8 Å². The average molecular weight is 349 g/mol. The molecular weight excluding hydrogens is 318 g/mol. The van der Waals surface area contributed by atoms with Gasteiger partial charge in [-0.15, -0.1) is 0 Å². The van der Waals surface area contributed by atoms with Crippen LogP contribution in [0.2, 0.25) is 0 Å². The number of hydrogen-bond donors (Lipinski definition) is 0. The SMILES string of the molecule is Cc1noc(C)c1CC(=O)N(CCN1CCCCC1)C1CCOCC1. The van der Waals surface area contributed by atoms with Crippen LogP contribution in [0.5, 0.6) is 0 Å². The quantitative estimate of drug-likeness (QED) is 0.789. The molecule has 2 saturated heterocycles. The van der Waals surface area contributed by atoms with E-state index in [4.69, 9.17) is 9.26 Å². The van der Waals surface area contributed by atoms with Gasteiger partial charge in [0.25, 0.3) is 0 Å². The highest BCUT2D eigenvalue weighted by Crippen LogP contribution is 2.19. The molecule has 1 aromatic rings. The molecule has 6 heteroatoms. The van der Waals surface area contributed by atoms with Crippen molar-refractivity contribution in [1.82, 2.24) is 15.0 Å². The third kappa shape index (κ3) is 4.82. The molecule has 140 valence electrons. The summed E-state index contributed by atoms with van der Waals surface area (Å²) in [5, 5.41) is 3.99. The molecule has 0 spiro atoms. The normalized spacial score (nSPS) is 19.9. The third-order valence-electron chi connectivity index (χ3n) is 5.57.